The summed E-state index contributed by atoms with van der Waals surface area (Å²) in [6.07, 6.45) is 9.40. The van der Waals surface area contributed by atoms with Crippen LogP contribution in [0.4, 0.5) is 0 Å². The Bertz CT molecular complexity index is 66.2. The molecule has 74 valence electrons. The molecule has 12 heavy (non-hydrogen) atoms. The molecule has 0 radical (unpaired) electrons. The van der Waals surface area contributed by atoms with E-state index in [0.717, 1.165) is 6.61 Å². The molecule has 0 rings (SSSR count). The molecular weight excluding hydrogens is 150 g/mol. The van der Waals surface area contributed by atoms with Crippen LogP contribution in [0, 0.1) is 0 Å². The highest BCUT2D eigenvalue weighted by Crippen LogP contribution is 2.06. The summed E-state index contributed by atoms with van der Waals surface area (Å²) in [5.74, 6) is 0. The number of hydrogen-bond donors (Lipinski definition) is 1. The van der Waals surface area contributed by atoms with E-state index >= 15 is 0 Å². The average molecular weight is 173 g/mol. The van der Waals surface area contributed by atoms with Crippen LogP contribution in [-0.4, -0.2) is 13.7 Å². The van der Waals surface area contributed by atoms with Gasteiger partial charge >= 0.3 is 0 Å². The molecule has 0 aliphatic carbocycles. The highest BCUT2D eigenvalue weighted by Gasteiger charge is 1.90. The van der Waals surface area contributed by atoms with Gasteiger partial charge in [-0.25, -0.2) is 5.48 Å². The normalized spacial score (nSPS) is 10.5. The number of rotatable bonds is 9. The molecule has 2 nitrogen and oxygen atoms in total. The first-order valence-corrected chi connectivity index (χ1v) is 5.20. The standard InChI is InChI=1S/C10H23NO/c1-3-4-5-6-7-8-9-10-12-11-2/h11H,3-10H2,1-2H3. The van der Waals surface area contributed by atoms with Gasteiger partial charge in [-0.05, 0) is 6.42 Å². The van der Waals surface area contributed by atoms with Crippen molar-refractivity contribution >= 4 is 0 Å². The minimum atomic E-state index is 0.851. The van der Waals surface area contributed by atoms with E-state index in [1.165, 1.54) is 44.9 Å². The molecule has 0 saturated heterocycles. The van der Waals surface area contributed by atoms with Crippen LogP contribution in [0.2, 0.25) is 0 Å². The lowest BCUT2D eigenvalue weighted by atomic mass is 10.1. The van der Waals surface area contributed by atoms with E-state index in [9.17, 15) is 0 Å². The quantitative estimate of drug-likeness (QED) is 0.427. The number of hydroxylamine groups is 1. The molecule has 0 saturated carbocycles. The molecule has 0 atom stereocenters. The Morgan fingerprint density at radius 3 is 2.08 bits per heavy atom. The maximum absolute atomic E-state index is 5.01. The fourth-order valence-corrected chi connectivity index (χ4v) is 1.23. The predicted octanol–water partition coefficient (Wildman–Crippen LogP) is 2.89. The first-order chi connectivity index (χ1) is 5.91. The van der Waals surface area contributed by atoms with Gasteiger partial charge in [0.05, 0.1) is 6.61 Å². The van der Waals surface area contributed by atoms with Crippen LogP contribution in [0.15, 0.2) is 0 Å². The second kappa shape index (κ2) is 10.9. The first kappa shape index (κ1) is 11.9. The van der Waals surface area contributed by atoms with Gasteiger partial charge in [0.15, 0.2) is 0 Å². The van der Waals surface area contributed by atoms with E-state index in [-0.39, 0.29) is 0 Å². The Labute approximate surface area is 76.6 Å². The summed E-state index contributed by atoms with van der Waals surface area (Å²) in [6.45, 7) is 3.10. The number of hydrogen-bond acceptors (Lipinski definition) is 2. The van der Waals surface area contributed by atoms with Gasteiger partial charge in [-0.2, -0.15) is 0 Å². The molecule has 0 fully saturated rings. The van der Waals surface area contributed by atoms with Crippen LogP contribution in [-0.2, 0) is 4.84 Å². The van der Waals surface area contributed by atoms with Crippen molar-refractivity contribution < 1.29 is 4.84 Å². The lowest BCUT2D eigenvalue weighted by Gasteiger charge is -2.01. The van der Waals surface area contributed by atoms with Crippen molar-refractivity contribution in [3.8, 4) is 0 Å². The van der Waals surface area contributed by atoms with Crippen LogP contribution >= 0.6 is 0 Å². The zero-order valence-electron chi connectivity index (χ0n) is 8.57. The van der Waals surface area contributed by atoms with Crippen molar-refractivity contribution in [1.29, 1.82) is 0 Å². The lowest BCUT2D eigenvalue weighted by molar-refractivity contribution is 0.0550. The largest absolute Gasteiger partial charge is 0.302 e. The minimum absolute atomic E-state index is 0.851. The van der Waals surface area contributed by atoms with Crippen molar-refractivity contribution in [3.05, 3.63) is 0 Å². The fourth-order valence-electron chi connectivity index (χ4n) is 1.23. The predicted molar refractivity (Wildman–Crippen MR) is 53.0 cm³/mol. The molecule has 0 aromatic rings. The molecule has 0 heterocycles. The van der Waals surface area contributed by atoms with Gasteiger partial charge in [0, 0.05) is 7.05 Å². The van der Waals surface area contributed by atoms with Gasteiger partial charge in [-0.15, -0.1) is 0 Å². The van der Waals surface area contributed by atoms with Gasteiger partial charge < -0.3 is 4.84 Å². The molecule has 2 heteroatoms. The zero-order chi connectivity index (χ0) is 9.07. The van der Waals surface area contributed by atoms with Crippen LogP contribution in [0.5, 0.6) is 0 Å². The molecular formula is C10H23NO. The Morgan fingerprint density at radius 2 is 1.50 bits per heavy atom. The van der Waals surface area contributed by atoms with Crippen LogP contribution in [0.1, 0.15) is 51.9 Å². The molecule has 0 aromatic heterocycles. The average Bonchev–Trinajstić information content (AvgIpc) is 2.10. The van der Waals surface area contributed by atoms with E-state index < -0.39 is 0 Å². The molecule has 0 aromatic carbocycles. The monoisotopic (exact) mass is 173 g/mol. The van der Waals surface area contributed by atoms with Crippen molar-refractivity contribution in [1.82, 2.24) is 5.48 Å². The summed E-state index contributed by atoms with van der Waals surface area (Å²) in [7, 11) is 1.81. The van der Waals surface area contributed by atoms with Crippen molar-refractivity contribution in [2.24, 2.45) is 0 Å². The minimum Gasteiger partial charge on any atom is -0.302 e. The van der Waals surface area contributed by atoms with E-state index in [1.54, 1.807) is 7.05 Å². The molecule has 0 aliphatic heterocycles. The summed E-state index contributed by atoms with van der Waals surface area (Å²) in [4.78, 5) is 5.01. The summed E-state index contributed by atoms with van der Waals surface area (Å²) < 4.78 is 0. The van der Waals surface area contributed by atoms with Gasteiger partial charge in [-0.1, -0.05) is 45.4 Å². The molecule has 0 unspecified atom stereocenters. The van der Waals surface area contributed by atoms with E-state index in [4.69, 9.17) is 4.84 Å². The highest BCUT2D eigenvalue weighted by atomic mass is 16.6. The summed E-state index contributed by atoms with van der Waals surface area (Å²) in [6, 6.07) is 0. The maximum Gasteiger partial charge on any atom is 0.0682 e. The molecule has 1 N–H and O–H groups in total. The second-order valence-corrected chi connectivity index (χ2v) is 3.17. The van der Waals surface area contributed by atoms with Gasteiger partial charge in [-0.3, -0.25) is 0 Å². The van der Waals surface area contributed by atoms with Crippen LogP contribution in [0.25, 0.3) is 0 Å². The fraction of sp³-hybridized carbons (Fsp3) is 1.00. The molecule has 0 bridgehead atoms. The summed E-state index contributed by atoms with van der Waals surface area (Å²) >= 11 is 0. The van der Waals surface area contributed by atoms with Crippen LogP contribution < -0.4 is 5.48 Å². The lowest BCUT2D eigenvalue weighted by Crippen LogP contribution is -2.07. The third-order valence-electron chi connectivity index (χ3n) is 1.99. The van der Waals surface area contributed by atoms with E-state index in [1.807, 2.05) is 0 Å². The molecule has 0 amide bonds. The van der Waals surface area contributed by atoms with Gasteiger partial charge in [0.25, 0.3) is 0 Å². The van der Waals surface area contributed by atoms with Crippen molar-refractivity contribution in [2.45, 2.75) is 51.9 Å². The maximum atomic E-state index is 5.01. The molecule has 0 spiro atoms. The Morgan fingerprint density at radius 1 is 0.917 bits per heavy atom. The van der Waals surface area contributed by atoms with Gasteiger partial charge in [0.2, 0.25) is 0 Å². The summed E-state index contributed by atoms with van der Waals surface area (Å²) in [5, 5.41) is 0. The smallest absolute Gasteiger partial charge is 0.0682 e. The molecule has 0 aliphatic rings. The Balaban J connectivity index is 2.73. The topological polar surface area (TPSA) is 21.3 Å². The second-order valence-electron chi connectivity index (χ2n) is 3.17. The van der Waals surface area contributed by atoms with E-state index in [0.29, 0.717) is 0 Å². The number of unbranched alkanes of at least 4 members (excludes halogenated alkanes) is 6. The van der Waals surface area contributed by atoms with E-state index in [2.05, 4.69) is 12.4 Å². The first-order valence-electron chi connectivity index (χ1n) is 5.20. The SMILES string of the molecule is CCCCCCCCCONC. The third-order valence-corrected chi connectivity index (χ3v) is 1.99. The van der Waals surface area contributed by atoms with Crippen LogP contribution in [0.3, 0.4) is 0 Å². The third kappa shape index (κ3) is 9.92. The zero-order valence-corrected chi connectivity index (χ0v) is 8.57. The summed E-state index contributed by atoms with van der Waals surface area (Å²) in [5.41, 5.74) is 2.68. The number of nitrogens with one attached hydrogen (secondary N) is 1. The Kier molecular flexibility index (Phi) is 10.8. The highest BCUT2D eigenvalue weighted by molar-refractivity contribution is 4.43. The van der Waals surface area contributed by atoms with Crippen molar-refractivity contribution in [3.63, 3.8) is 0 Å². The Hall–Kier alpha value is -0.0800. The van der Waals surface area contributed by atoms with Gasteiger partial charge in [0.1, 0.15) is 0 Å². The van der Waals surface area contributed by atoms with Crippen molar-refractivity contribution in [2.75, 3.05) is 13.7 Å².